The molecule has 3 atom stereocenters. The number of carbonyl (C=O) groups is 2. The van der Waals surface area contributed by atoms with Gasteiger partial charge in [0.15, 0.2) is 11.6 Å². The number of nitrogens with zero attached hydrogens (tertiary/aromatic N) is 7. The van der Waals surface area contributed by atoms with Crippen molar-refractivity contribution >= 4 is 23.1 Å². The molecule has 7 rings (SSSR count). The first kappa shape index (κ1) is 33.0. The SMILES string of the molecule is C[C@H]1CN(C(=O)c2ccc(C(F)(F)F)nc2)CCN1C1CC(C(=O)Nc2cc3cc(-c4cnc(CO[C@H]5CCC[C@@H]5O)nc4)ccn3n2)C1. The number of hydrogen-bond donors (Lipinski definition) is 2. The van der Waals surface area contributed by atoms with Crippen molar-refractivity contribution in [1.82, 2.24) is 34.4 Å². The first-order valence-corrected chi connectivity index (χ1v) is 16.5. The van der Waals surface area contributed by atoms with Crippen LogP contribution in [0.3, 0.4) is 0 Å². The van der Waals surface area contributed by atoms with Gasteiger partial charge < -0.3 is 20.1 Å². The molecule has 2 aliphatic carbocycles. The Bertz CT molecular complexity index is 1810. The van der Waals surface area contributed by atoms with Crippen molar-refractivity contribution in [3.8, 4) is 11.1 Å². The van der Waals surface area contributed by atoms with Crippen LogP contribution < -0.4 is 5.32 Å². The number of fused-ring (bicyclic) bond motifs is 1. The van der Waals surface area contributed by atoms with Gasteiger partial charge in [-0.2, -0.15) is 18.3 Å². The van der Waals surface area contributed by atoms with Crippen LogP contribution >= 0.6 is 0 Å². The lowest BCUT2D eigenvalue weighted by molar-refractivity contribution is -0.141. The molecule has 4 aromatic rings. The highest BCUT2D eigenvalue weighted by Gasteiger charge is 2.42. The number of aromatic nitrogens is 5. The molecule has 1 saturated heterocycles. The minimum Gasteiger partial charge on any atom is -0.390 e. The predicted molar refractivity (Wildman–Crippen MR) is 171 cm³/mol. The van der Waals surface area contributed by atoms with Gasteiger partial charge in [-0.1, -0.05) is 0 Å². The summed E-state index contributed by atoms with van der Waals surface area (Å²) in [7, 11) is 0. The zero-order valence-electron chi connectivity index (χ0n) is 26.9. The zero-order valence-corrected chi connectivity index (χ0v) is 26.9. The van der Waals surface area contributed by atoms with E-state index in [1.54, 1.807) is 21.8 Å². The summed E-state index contributed by atoms with van der Waals surface area (Å²) in [4.78, 5) is 42.2. The van der Waals surface area contributed by atoms with Crippen LogP contribution in [0.25, 0.3) is 16.6 Å². The molecule has 0 bridgehead atoms. The number of pyridine rings is 2. The molecule has 0 unspecified atom stereocenters. The molecule has 49 heavy (non-hydrogen) atoms. The molecular weight excluding hydrogens is 641 g/mol. The number of halogens is 3. The van der Waals surface area contributed by atoms with Crippen molar-refractivity contribution in [3.05, 3.63) is 72.2 Å². The minimum absolute atomic E-state index is 0.0302. The molecule has 12 nitrogen and oxygen atoms in total. The summed E-state index contributed by atoms with van der Waals surface area (Å²) < 4.78 is 46.0. The summed E-state index contributed by atoms with van der Waals surface area (Å²) in [6, 6.07) is 7.90. The molecule has 258 valence electrons. The number of amides is 2. The fourth-order valence-corrected chi connectivity index (χ4v) is 6.97. The Morgan fingerprint density at radius 2 is 1.82 bits per heavy atom. The van der Waals surface area contributed by atoms with Crippen molar-refractivity contribution in [2.75, 3.05) is 25.0 Å². The van der Waals surface area contributed by atoms with Crippen molar-refractivity contribution < 1.29 is 32.6 Å². The Balaban J connectivity index is 0.889. The zero-order chi connectivity index (χ0) is 34.3. The molecule has 5 heterocycles. The average Bonchev–Trinajstić information content (AvgIpc) is 3.67. The van der Waals surface area contributed by atoms with Crippen LogP contribution in [0.2, 0.25) is 0 Å². The van der Waals surface area contributed by atoms with E-state index >= 15 is 0 Å². The number of aliphatic hydroxyl groups is 1. The van der Waals surface area contributed by atoms with Gasteiger partial charge in [-0.3, -0.25) is 19.5 Å². The van der Waals surface area contributed by atoms with Crippen LogP contribution in [-0.2, 0) is 22.3 Å². The van der Waals surface area contributed by atoms with E-state index in [0.717, 1.165) is 48.2 Å². The van der Waals surface area contributed by atoms with Crippen molar-refractivity contribution in [1.29, 1.82) is 0 Å². The highest BCUT2D eigenvalue weighted by atomic mass is 19.4. The largest absolute Gasteiger partial charge is 0.433 e. The molecule has 2 amide bonds. The first-order valence-electron chi connectivity index (χ1n) is 16.5. The van der Waals surface area contributed by atoms with Gasteiger partial charge in [0.2, 0.25) is 5.91 Å². The van der Waals surface area contributed by atoms with E-state index in [4.69, 9.17) is 4.74 Å². The van der Waals surface area contributed by atoms with Gasteiger partial charge in [-0.15, -0.1) is 0 Å². The topological polar surface area (TPSA) is 138 Å². The van der Waals surface area contributed by atoms with Crippen molar-refractivity contribution in [3.63, 3.8) is 0 Å². The van der Waals surface area contributed by atoms with E-state index in [9.17, 15) is 27.9 Å². The van der Waals surface area contributed by atoms with Gasteiger partial charge >= 0.3 is 6.18 Å². The predicted octanol–water partition coefficient (Wildman–Crippen LogP) is 4.20. The molecule has 3 aliphatic rings. The number of nitrogens with one attached hydrogen (secondary N) is 1. The van der Waals surface area contributed by atoms with E-state index in [1.165, 1.54) is 6.07 Å². The van der Waals surface area contributed by atoms with Crippen LogP contribution in [-0.4, -0.2) is 95.2 Å². The lowest BCUT2D eigenvalue weighted by atomic mass is 9.78. The minimum atomic E-state index is -4.56. The van der Waals surface area contributed by atoms with Gasteiger partial charge in [0.25, 0.3) is 5.91 Å². The van der Waals surface area contributed by atoms with E-state index in [1.807, 2.05) is 31.3 Å². The van der Waals surface area contributed by atoms with Gasteiger partial charge in [0.05, 0.1) is 23.3 Å². The van der Waals surface area contributed by atoms with Crippen molar-refractivity contribution in [2.45, 2.75) is 76.1 Å². The fourth-order valence-electron chi connectivity index (χ4n) is 6.97. The molecule has 1 aliphatic heterocycles. The Morgan fingerprint density at radius 1 is 1.02 bits per heavy atom. The molecule has 2 N–H and O–H groups in total. The van der Waals surface area contributed by atoms with Crippen LogP contribution in [0.1, 0.15) is 60.9 Å². The molecule has 15 heteroatoms. The van der Waals surface area contributed by atoms with E-state index in [0.29, 0.717) is 44.1 Å². The standard InChI is InChI=1S/C34H37F3N8O4/c1-20-18-43(33(48)22-5-6-29(38-15-22)34(35,36)37)9-10-44(20)25-12-23(13-25)32(47)41-30-14-26-11-21(7-8-45(26)42-30)24-16-39-31(40-17-24)19-49-28-4-2-3-27(28)46/h5-8,11,14-17,20,23,25,27-28,46H,2-4,9-10,12-13,18-19H2,1H3,(H,41,42,47)/t20-,23?,25?,27-,28-/m0/s1. The molecule has 0 radical (unpaired) electrons. The van der Waals surface area contributed by atoms with Gasteiger partial charge in [-0.05, 0) is 68.9 Å². The summed E-state index contributed by atoms with van der Waals surface area (Å²) >= 11 is 0. The fraction of sp³-hybridized carbons (Fsp3) is 0.471. The second-order valence-electron chi connectivity index (χ2n) is 13.1. The summed E-state index contributed by atoms with van der Waals surface area (Å²) in [5.74, 6) is 0.422. The van der Waals surface area contributed by atoms with Crippen molar-refractivity contribution in [2.24, 2.45) is 5.92 Å². The van der Waals surface area contributed by atoms with Gasteiger partial charge in [0, 0.05) is 74.1 Å². The lowest BCUT2D eigenvalue weighted by Crippen LogP contribution is -2.60. The van der Waals surface area contributed by atoms with Crippen LogP contribution in [0, 0.1) is 5.92 Å². The monoisotopic (exact) mass is 678 g/mol. The summed E-state index contributed by atoms with van der Waals surface area (Å²) in [6.45, 7) is 3.75. The Morgan fingerprint density at radius 3 is 2.49 bits per heavy atom. The lowest BCUT2D eigenvalue weighted by Gasteiger charge is -2.49. The van der Waals surface area contributed by atoms with Crippen LogP contribution in [0.15, 0.2) is 55.1 Å². The summed E-state index contributed by atoms with van der Waals surface area (Å²) in [5.41, 5.74) is 1.63. The number of carbonyl (C=O) groups excluding carboxylic acids is 2. The number of ether oxygens (including phenoxy) is 1. The number of aliphatic hydroxyl groups excluding tert-OH is 1. The number of piperazine rings is 1. The van der Waals surface area contributed by atoms with Gasteiger partial charge in [0.1, 0.15) is 12.3 Å². The van der Waals surface area contributed by atoms with Crippen LogP contribution in [0.4, 0.5) is 19.0 Å². The number of anilines is 1. The normalized spacial score (nSPS) is 24.6. The number of alkyl halides is 3. The smallest absolute Gasteiger partial charge is 0.390 e. The second-order valence-corrected chi connectivity index (χ2v) is 13.1. The molecular formula is C34H37F3N8O4. The number of hydrogen-bond acceptors (Lipinski definition) is 9. The Hall–Kier alpha value is -4.47. The van der Waals surface area contributed by atoms with E-state index in [-0.39, 0.29) is 48.1 Å². The molecule has 4 aromatic heterocycles. The third-order valence-electron chi connectivity index (χ3n) is 9.82. The van der Waals surface area contributed by atoms with E-state index in [2.05, 4.69) is 30.3 Å². The Labute approximate surface area is 280 Å². The average molecular weight is 679 g/mol. The molecule has 2 saturated carbocycles. The molecule has 0 aromatic carbocycles. The summed E-state index contributed by atoms with van der Waals surface area (Å²) in [5, 5.41) is 17.4. The Kier molecular flexibility index (Phi) is 9.07. The molecule has 0 spiro atoms. The maximum Gasteiger partial charge on any atom is 0.433 e. The first-order chi connectivity index (χ1) is 23.5. The third-order valence-corrected chi connectivity index (χ3v) is 9.82. The van der Waals surface area contributed by atoms with Crippen LogP contribution in [0.5, 0.6) is 0 Å². The second kappa shape index (κ2) is 13.4. The maximum absolute atomic E-state index is 13.1. The summed E-state index contributed by atoms with van der Waals surface area (Å²) in [6.07, 6.45) is 5.07. The highest BCUT2D eigenvalue weighted by molar-refractivity contribution is 5.94. The number of rotatable bonds is 8. The third kappa shape index (κ3) is 7.14. The highest BCUT2D eigenvalue weighted by Crippen LogP contribution is 2.35. The van der Waals surface area contributed by atoms with E-state index < -0.39 is 18.0 Å². The quantitative estimate of drug-likeness (QED) is 0.281. The van der Waals surface area contributed by atoms with Gasteiger partial charge in [-0.25, -0.2) is 14.5 Å². The maximum atomic E-state index is 13.1. The molecule has 3 fully saturated rings.